The maximum Gasteiger partial charge on any atom is 0.220 e. The van der Waals surface area contributed by atoms with Crippen molar-refractivity contribution in [1.82, 2.24) is 18.5 Å². The van der Waals surface area contributed by atoms with E-state index in [9.17, 15) is 0 Å². The van der Waals surface area contributed by atoms with Crippen LogP contribution in [0.25, 0.3) is 83.0 Å². The van der Waals surface area contributed by atoms with Crippen LogP contribution in [0, 0.1) is 6.92 Å². The molecule has 4 aromatic heterocycles. The van der Waals surface area contributed by atoms with Crippen molar-refractivity contribution in [3.8, 4) is 11.4 Å². The molecule has 43 heavy (non-hydrogen) atoms. The number of nitrogens with zero attached hydrogens (tertiary/aromatic N) is 4. The van der Waals surface area contributed by atoms with Crippen LogP contribution in [0.15, 0.2) is 132 Å². The van der Waals surface area contributed by atoms with Crippen molar-refractivity contribution in [1.29, 1.82) is 0 Å². The standard InChI is InChI=1S/C38H24N4O/c1-23-14-18-36-28(20-23)29-21-24(16-19-37(29)43-36)41-34-17-15-25(22-35(34)42-33-13-7-4-10-30(33)39-38(41)42)40-31-11-5-2-8-26(31)27-9-3-6-12-32(27)40/h2-22H,1H3. The SMILES string of the molecule is Cc1ccc2oc3ccc(-n4c5ccc(-n6c7ccccc7c7ccccc76)cc5n5c6ccccc6nc45)cc3c2c1. The average molecular weight is 553 g/mol. The second-order valence-corrected chi connectivity index (χ2v) is 11.4. The summed E-state index contributed by atoms with van der Waals surface area (Å²) in [6.07, 6.45) is 0. The number of para-hydroxylation sites is 4. The number of aryl methyl sites for hydroxylation is 1. The van der Waals surface area contributed by atoms with Gasteiger partial charge in [-0.3, -0.25) is 8.97 Å². The predicted octanol–water partition coefficient (Wildman–Crippen LogP) is 9.74. The summed E-state index contributed by atoms with van der Waals surface area (Å²) in [5.41, 5.74) is 11.8. The van der Waals surface area contributed by atoms with Crippen LogP contribution in [0.5, 0.6) is 0 Å². The van der Waals surface area contributed by atoms with E-state index in [4.69, 9.17) is 9.40 Å². The monoisotopic (exact) mass is 552 g/mol. The number of benzene rings is 6. The highest BCUT2D eigenvalue weighted by atomic mass is 16.3. The third-order valence-corrected chi connectivity index (χ3v) is 8.89. The van der Waals surface area contributed by atoms with Crippen LogP contribution in [0.2, 0.25) is 0 Å². The molecule has 0 bridgehead atoms. The summed E-state index contributed by atoms with van der Waals surface area (Å²) in [6, 6.07) is 45.3. The minimum atomic E-state index is 0.888. The first kappa shape index (κ1) is 22.8. The molecular weight excluding hydrogens is 528 g/mol. The van der Waals surface area contributed by atoms with Crippen molar-refractivity contribution in [3.05, 3.63) is 133 Å². The van der Waals surface area contributed by atoms with E-state index in [-0.39, 0.29) is 0 Å². The van der Waals surface area contributed by atoms with Crippen LogP contribution in [0.1, 0.15) is 5.56 Å². The molecule has 10 aromatic rings. The van der Waals surface area contributed by atoms with Gasteiger partial charge in [0.15, 0.2) is 0 Å². The predicted molar refractivity (Wildman–Crippen MR) is 176 cm³/mol. The largest absolute Gasteiger partial charge is 0.456 e. The van der Waals surface area contributed by atoms with Gasteiger partial charge >= 0.3 is 0 Å². The number of hydrogen-bond acceptors (Lipinski definition) is 2. The normalized spacial score (nSPS) is 12.3. The van der Waals surface area contributed by atoms with Crippen molar-refractivity contribution >= 4 is 71.6 Å². The number of imidazole rings is 2. The molecule has 0 aliphatic rings. The van der Waals surface area contributed by atoms with Crippen LogP contribution in [-0.4, -0.2) is 18.5 Å². The van der Waals surface area contributed by atoms with Crippen molar-refractivity contribution in [2.75, 3.05) is 0 Å². The lowest BCUT2D eigenvalue weighted by Crippen LogP contribution is -1.96. The molecule has 5 heteroatoms. The van der Waals surface area contributed by atoms with Gasteiger partial charge in [0, 0.05) is 27.2 Å². The van der Waals surface area contributed by atoms with Gasteiger partial charge in [-0.2, -0.15) is 0 Å². The Balaban J connectivity index is 1.31. The Morgan fingerprint density at radius 2 is 1.12 bits per heavy atom. The Labute approximate surface area is 245 Å². The fourth-order valence-corrected chi connectivity index (χ4v) is 7.00. The highest BCUT2D eigenvalue weighted by molar-refractivity contribution is 6.10. The highest BCUT2D eigenvalue weighted by Gasteiger charge is 2.20. The third kappa shape index (κ3) is 3.03. The molecule has 10 rings (SSSR count). The molecule has 0 atom stereocenters. The van der Waals surface area contributed by atoms with E-state index in [1.165, 1.54) is 27.4 Å². The quantitative estimate of drug-likeness (QED) is 0.214. The van der Waals surface area contributed by atoms with Gasteiger partial charge < -0.3 is 8.98 Å². The van der Waals surface area contributed by atoms with Gasteiger partial charge in [-0.25, -0.2) is 4.98 Å². The zero-order valence-corrected chi connectivity index (χ0v) is 23.3. The second kappa shape index (κ2) is 8.14. The lowest BCUT2D eigenvalue weighted by molar-refractivity contribution is 0.669. The van der Waals surface area contributed by atoms with E-state index in [0.717, 1.165) is 61.2 Å². The lowest BCUT2D eigenvalue weighted by Gasteiger charge is -2.10. The van der Waals surface area contributed by atoms with Crippen LogP contribution >= 0.6 is 0 Å². The maximum absolute atomic E-state index is 6.20. The zero-order valence-electron chi connectivity index (χ0n) is 23.3. The third-order valence-electron chi connectivity index (χ3n) is 8.89. The van der Waals surface area contributed by atoms with Gasteiger partial charge in [0.05, 0.1) is 38.8 Å². The van der Waals surface area contributed by atoms with Gasteiger partial charge in [-0.1, -0.05) is 60.2 Å². The Hall–Kier alpha value is -5.81. The molecule has 0 amide bonds. The molecule has 0 N–H and O–H groups in total. The van der Waals surface area contributed by atoms with Crippen molar-refractivity contribution < 1.29 is 4.42 Å². The van der Waals surface area contributed by atoms with E-state index in [1.807, 2.05) is 0 Å². The van der Waals surface area contributed by atoms with Crippen LogP contribution in [0.4, 0.5) is 0 Å². The fourth-order valence-electron chi connectivity index (χ4n) is 7.00. The Kier molecular flexibility index (Phi) is 4.32. The number of aromatic nitrogens is 4. The topological polar surface area (TPSA) is 40.3 Å². The van der Waals surface area contributed by atoms with Gasteiger partial charge in [-0.15, -0.1) is 0 Å². The van der Waals surface area contributed by atoms with E-state index in [1.54, 1.807) is 0 Å². The molecule has 5 nitrogen and oxygen atoms in total. The summed E-state index contributed by atoms with van der Waals surface area (Å²) in [6.45, 7) is 2.12. The minimum absolute atomic E-state index is 0.888. The number of furan rings is 1. The molecule has 6 aromatic carbocycles. The summed E-state index contributed by atoms with van der Waals surface area (Å²) in [5, 5.41) is 4.75. The average Bonchev–Trinajstić information content (AvgIpc) is 3.77. The molecule has 0 aliphatic carbocycles. The first-order valence-electron chi connectivity index (χ1n) is 14.6. The van der Waals surface area contributed by atoms with Gasteiger partial charge in [0.1, 0.15) is 11.2 Å². The van der Waals surface area contributed by atoms with Gasteiger partial charge in [0.2, 0.25) is 5.78 Å². The Morgan fingerprint density at radius 3 is 1.91 bits per heavy atom. The molecule has 0 radical (unpaired) electrons. The van der Waals surface area contributed by atoms with E-state index >= 15 is 0 Å². The van der Waals surface area contributed by atoms with E-state index in [0.29, 0.717) is 0 Å². The Bertz CT molecular complexity index is 2700. The number of rotatable bonds is 2. The van der Waals surface area contributed by atoms with Crippen molar-refractivity contribution in [3.63, 3.8) is 0 Å². The molecule has 0 aliphatic heterocycles. The molecule has 0 saturated carbocycles. The highest BCUT2D eigenvalue weighted by Crippen LogP contribution is 2.37. The zero-order chi connectivity index (χ0) is 28.2. The first-order chi connectivity index (χ1) is 21.2. The molecule has 0 spiro atoms. The smallest absolute Gasteiger partial charge is 0.220 e. The van der Waals surface area contributed by atoms with Crippen LogP contribution in [-0.2, 0) is 0 Å². The molecule has 202 valence electrons. The van der Waals surface area contributed by atoms with E-state index < -0.39 is 0 Å². The lowest BCUT2D eigenvalue weighted by atomic mass is 10.1. The summed E-state index contributed by atoms with van der Waals surface area (Å²) in [5.74, 6) is 0.888. The Morgan fingerprint density at radius 1 is 0.488 bits per heavy atom. The molecule has 0 fully saturated rings. The summed E-state index contributed by atoms with van der Waals surface area (Å²) in [7, 11) is 0. The summed E-state index contributed by atoms with van der Waals surface area (Å²) >= 11 is 0. The number of fused-ring (bicyclic) bond motifs is 11. The second-order valence-electron chi connectivity index (χ2n) is 11.4. The van der Waals surface area contributed by atoms with Crippen LogP contribution < -0.4 is 0 Å². The molecule has 0 saturated heterocycles. The van der Waals surface area contributed by atoms with Gasteiger partial charge in [0.25, 0.3) is 0 Å². The van der Waals surface area contributed by atoms with Crippen molar-refractivity contribution in [2.24, 2.45) is 0 Å². The maximum atomic E-state index is 6.20. The summed E-state index contributed by atoms with van der Waals surface area (Å²) in [4.78, 5) is 5.16. The molecular formula is C38H24N4O. The fraction of sp³-hybridized carbons (Fsp3) is 0.0263. The first-order valence-corrected chi connectivity index (χ1v) is 14.6. The van der Waals surface area contributed by atoms with Crippen LogP contribution in [0.3, 0.4) is 0 Å². The van der Waals surface area contributed by atoms with Crippen molar-refractivity contribution in [2.45, 2.75) is 6.92 Å². The minimum Gasteiger partial charge on any atom is -0.456 e. The summed E-state index contributed by atoms with van der Waals surface area (Å²) < 4.78 is 13.1. The van der Waals surface area contributed by atoms with E-state index in [2.05, 4.69) is 148 Å². The van der Waals surface area contributed by atoms with Gasteiger partial charge in [-0.05, 0) is 79.7 Å². The molecule has 0 unspecified atom stereocenters. The molecule has 4 heterocycles. The number of hydrogen-bond donors (Lipinski definition) is 0.